The number of anilines is 1. The number of hydrogen-bond acceptors (Lipinski definition) is 4. The molecule has 0 bridgehead atoms. The van der Waals surface area contributed by atoms with Crippen molar-refractivity contribution in [2.75, 3.05) is 5.32 Å². The van der Waals surface area contributed by atoms with Gasteiger partial charge in [0.25, 0.3) is 5.91 Å². The first-order valence-corrected chi connectivity index (χ1v) is 7.40. The highest BCUT2D eigenvalue weighted by atomic mass is 35.5. The van der Waals surface area contributed by atoms with Crippen molar-refractivity contribution in [3.63, 3.8) is 0 Å². The van der Waals surface area contributed by atoms with Crippen LogP contribution in [0.15, 0.2) is 60.3 Å². The molecule has 2 N–H and O–H groups in total. The van der Waals surface area contributed by atoms with Crippen LogP contribution in [-0.4, -0.2) is 5.91 Å². The summed E-state index contributed by atoms with van der Waals surface area (Å²) in [5.74, 6) is -0.580. The lowest BCUT2D eigenvalue weighted by Crippen LogP contribution is -2.17. The molecule has 0 atom stereocenters. The number of nitrogens with one attached hydrogen (secondary N) is 2. The molecule has 6 heteroatoms. The first-order chi connectivity index (χ1) is 11.6. The lowest BCUT2D eigenvalue weighted by Gasteiger charge is -2.06. The first-order valence-electron chi connectivity index (χ1n) is 7.02. The van der Waals surface area contributed by atoms with Gasteiger partial charge in [0.05, 0.1) is 11.3 Å². The summed E-state index contributed by atoms with van der Waals surface area (Å²) in [5.41, 5.74) is 1.57. The Kier molecular flexibility index (Phi) is 5.96. The van der Waals surface area contributed by atoms with Crippen LogP contribution in [0.25, 0.3) is 0 Å². The Morgan fingerprint density at radius 1 is 1.12 bits per heavy atom. The van der Waals surface area contributed by atoms with Gasteiger partial charge >= 0.3 is 0 Å². The summed E-state index contributed by atoms with van der Waals surface area (Å²) in [5, 5.41) is 24.3. The molecule has 0 aliphatic rings. The van der Waals surface area contributed by atoms with Gasteiger partial charge in [0, 0.05) is 17.8 Å². The van der Waals surface area contributed by atoms with Crippen molar-refractivity contribution in [1.82, 2.24) is 5.32 Å². The highest BCUT2D eigenvalue weighted by molar-refractivity contribution is 6.30. The lowest BCUT2D eigenvalue weighted by atomic mass is 10.2. The van der Waals surface area contributed by atoms with E-state index >= 15 is 0 Å². The summed E-state index contributed by atoms with van der Waals surface area (Å²) in [4.78, 5) is 12.1. The van der Waals surface area contributed by atoms with Crippen LogP contribution in [0, 0.1) is 22.7 Å². The van der Waals surface area contributed by atoms with Gasteiger partial charge in [-0.1, -0.05) is 35.9 Å². The van der Waals surface area contributed by atoms with Crippen molar-refractivity contribution in [3.8, 4) is 12.1 Å². The summed E-state index contributed by atoms with van der Waals surface area (Å²) in [7, 11) is 0. The molecule has 1 amide bonds. The molecule has 2 aromatic carbocycles. The number of amides is 1. The van der Waals surface area contributed by atoms with Gasteiger partial charge in [0.2, 0.25) is 0 Å². The predicted octanol–water partition coefficient (Wildman–Crippen LogP) is 3.35. The highest BCUT2D eigenvalue weighted by Crippen LogP contribution is 2.14. The highest BCUT2D eigenvalue weighted by Gasteiger charge is 2.11. The summed E-state index contributed by atoms with van der Waals surface area (Å²) >= 11 is 5.81. The largest absolute Gasteiger partial charge is 0.386 e. The van der Waals surface area contributed by atoms with E-state index in [4.69, 9.17) is 22.1 Å². The van der Waals surface area contributed by atoms with Crippen molar-refractivity contribution < 1.29 is 4.79 Å². The number of halogens is 1. The minimum absolute atomic E-state index is 0.0864. The second-order valence-electron chi connectivity index (χ2n) is 4.79. The standard InChI is InChI=1S/C18H13ClN4O/c19-16-7-5-13(6-8-16)11-22-12-15(10-21)18(24)23-17-4-2-1-3-14(17)9-20/h1-8,12,22H,11H2,(H,23,24)/b15-12-. The van der Waals surface area contributed by atoms with E-state index in [2.05, 4.69) is 10.6 Å². The Morgan fingerprint density at radius 2 is 1.83 bits per heavy atom. The van der Waals surface area contributed by atoms with E-state index in [1.807, 2.05) is 24.3 Å². The Bertz CT molecular complexity index is 845. The molecule has 5 nitrogen and oxygen atoms in total. The Balaban J connectivity index is 2.02. The second-order valence-corrected chi connectivity index (χ2v) is 5.23. The molecule has 2 rings (SSSR count). The maximum Gasteiger partial charge on any atom is 0.267 e. The molecule has 0 aliphatic carbocycles. The molecule has 0 heterocycles. The Labute approximate surface area is 144 Å². The molecule has 0 fully saturated rings. The molecule has 0 saturated carbocycles. The molecule has 24 heavy (non-hydrogen) atoms. The monoisotopic (exact) mass is 336 g/mol. The van der Waals surface area contributed by atoms with E-state index in [0.717, 1.165) is 5.56 Å². The smallest absolute Gasteiger partial charge is 0.267 e. The molecule has 0 aromatic heterocycles. The molecule has 0 saturated heterocycles. The number of carbonyl (C=O) groups excluding carboxylic acids is 1. The van der Waals surface area contributed by atoms with Crippen LogP contribution in [0.2, 0.25) is 5.02 Å². The van der Waals surface area contributed by atoms with E-state index in [0.29, 0.717) is 22.8 Å². The van der Waals surface area contributed by atoms with Gasteiger partial charge in [-0.15, -0.1) is 0 Å². The number of nitriles is 2. The van der Waals surface area contributed by atoms with Crippen LogP contribution >= 0.6 is 11.6 Å². The number of rotatable bonds is 5. The van der Waals surface area contributed by atoms with Gasteiger partial charge in [0.15, 0.2) is 0 Å². The SMILES string of the molecule is N#C/C(=C/NCc1ccc(Cl)cc1)C(=O)Nc1ccccc1C#N. The Morgan fingerprint density at radius 3 is 2.50 bits per heavy atom. The summed E-state index contributed by atoms with van der Waals surface area (Å²) in [6.07, 6.45) is 1.35. The normalized spacial score (nSPS) is 10.4. The number of carbonyl (C=O) groups is 1. The zero-order chi connectivity index (χ0) is 17.4. The molecule has 118 valence electrons. The topological polar surface area (TPSA) is 88.7 Å². The van der Waals surface area contributed by atoms with Crippen LogP contribution < -0.4 is 10.6 Å². The van der Waals surface area contributed by atoms with Crippen molar-refractivity contribution in [1.29, 1.82) is 10.5 Å². The van der Waals surface area contributed by atoms with Crippen LogP contribution in [0.1, 0.15) is 11.1 Å². The average molecular weight is 337 g/mol. The fourth-order valence-electron chi connectivity index (χ4n) is 1.90. The maximum absolute atomic E-state index is 12.1. The fourth-order valence-corrected chi connectivity index (χ4v) is 2.03. The third-order valence-corrected chi connectivity index (χ3v) is 3.38. The van der Waals surface area contributed by atoms with E-state index in [1.54, 1.807) is 36.4 Å². The first kappa shape index (κ1) is 17.1. The lowest BCUT2D eigenvalue weighted by molar-refractivity contribution is -0.112. The minimum atomic E-state index is -0.580. The number of hydrogen-bond donors (Lipinski definition) is 2. The number of para-hydroxylation sites is 1. The van der Waals surface area contributed by atoms with E-state index in [1.165, 1.54) is 6.20 Å². The van der Waals surface area contributed by atoms with Gasteiger partial charge in [-0.25, -0.2) is 0 Å². The number of nitrogens with zero attached hydrogens (tertiary/aromatic N) is 2. The van der Waals surface area contributed by atoms with Crippen LogP contribution in [0.3, 0.4) is 0 Å². The second kappa shape index (κ2) is 8.38. The molecular weight excluding hydrogens is 324 g/mol. The van der Waals surface area contributed by atoms with Gasteiger partial charge < -0.3 is 10.6 Å². The van der Waals surface area contributed by atoms with Crippen molar-refractivity contribution in [2.24, 2.45) is 0 Å². The van der Waals surface area contributed by atoms with Gasteiger partial charge in [-0.05, 0) is 29.8 Å². The van der Waals surface area contributed by atoms with Crippen molar-refractivity contribution in [2.45, 2.75) is 6.54 Å². The average Bonchev–Trinajstić information content (AvgIpc) is 2.60. The van der Waals surface area contributed by atoms with Gasteiger partial charge in [-0.2, -0.15) is 10.5 Å². The van der Waals surface area contributed by atoms with Gasteiger partial charge in [-0.3, -0.25) is 4.79 Å². The van der Waals surface area contributed by atoms with E-state index in [-0.39, 0.29) is 5.57 Å². The van der Waals surface area contributed by atoms with Crippen molar-refractivity contribution >= 4 is 23.2 Å². The Hall–Kier alpha value is -3.28. The molecular formula is C18H13ClN4O. The van der Waals surface area contributed by atoms with Crippen LogP contribution in [-0.2, 0) is 11.3 Å². The molecule has 0 unspecified atom stereocenters. The zero-order valence-electron chi connectivity index (χ0n) is 12.6. The molecule has 0 radical (unpaired) electrons. The summed E-state index contributed by atoms with van der Waals surface area (Å²) in [6.45, 7) is 0.449. The third kappa shape index (κ3) is 4.61. The zero-order valence-corrected chi connectivity index (χ0v) is 13.3. The fraction of sp³-hybridized carbons (Fsp3) is 0.0556. The van der Waals surface area contributed by atoms with Crippen molar-refractivity contribution in [3.05, 3.63) is 76.5 Å². The molecule has 0 spiro atoms. The summed E-state index contributed by atoms with van der Waals surface area (Å²) in [6, 6.07) is 17.6. The molecule has 0 aliphatic heterocycles. The maximum atomic E-state index is 12.1. The molecule has 2 aromatic rings. The van der Waals surface area contributed by atoms with Crippen LogP contribution in [0.5, 0.6) is 0 Å². The van der Waals surface area contributed by atoms with Crippen LogP contribution in [0.4, 0.5) is 5.69 Å². The number of benzene rings is 2. The van der Waals surface area contributed by atoms with E-state index in [9.17, 15) is 4.79 Å². The van der Waals surface area contributed by atoms with E-state index < -0.39 is 5.91 Å². The minimum Gasteiger partial charge on any atom is -0.386 e. The quantitative estimate of drug-likeness (QED) is 0.647. The third-order valence-electron chi connectivity index (χ3n) is 3.13. The van der Waals surface area contributed by atoms with Gasteiger partial charge in [0.1, 0.15) is 17.7 Å². The summed E-state index contributed by atoms with van der Waals surface area (Å²) < 4.78 is 0. The predicted molar refractivity (Wildman–Crippen MR) is 91.8 cm³/mol.